The van der Waals surface area contributed by atoms with Crippen LogP contribution < -0.4 is 9.62 Å². The zero-order valence-corrected chi connectivity index (χ0v) is 13.3. The topological polar surface area (TPSA) is 61.8 Å². The quantitative estimate of drug-likeness (QED) is 0.918. The molecule has 0 aromatic heterocycles. The molecule has 0 aliphatic carbocycles. The van der Waals surface area contributed by atoms with Gasteiger partial charge >= 0.3 is 0 Å². The van der Waals surface area contributed by atoms with Crippen molar-refractivity contribution in [2.75, 3.05) is 18.0 Å². The summed E-state index contributed by atoms with van der Waals surface area (Å²) < 4.78 is 26.8. The smallest absolute Gasteiger partial charge is 0.263 e. The molecule has 0 spiro atoms. The second kappa shape index (κ2) is 5.38. The van der Waals surface area contributed by atoms with Crippen LogP contribution in [0.1, 0.15) is 12.0 Å². The van der Waals surface area contributed by atoms with Gasteiger partial charge in [0, 0.05) is 24.3 Å². The number of anilines is 1. The zero-order chi connectivity index (χ0) is 15.9. The molecule has 6 heteroatoms. The van der Waals surface area contributed by atoms with Crippen LogP contribution in [0, 0.1) is 0 Å². The molecule has 2 heterocycles. The third kappa shape index (κ3) is 2.59. The molecule has 1 fully saturated rings. The number of sulfonamides is 1. The molecule has 2 aliphatic rings. The van der Waals surface area contributed by atoms with Gasteiger partial charge in [-0.2, -0.15) is 0 Å². The first-order valence-corrected chi connectivity index (χ1v) is 9.12. The molecule has 4 rings (SSSR count). The van der Waals surface area contributed by atoms with E-state index in [4.69, 9.17) is 0 Å². The Kier molecular flexibility index (Phi) is 3.34. The first-order chi connectivity index (χ1) is 11.1. The number of hydrogen-bond acceptors (Lipinski definition) is 4. The van der Waals surface area contributed by atoms with E-state index in [1.54, 1.807) is 18.2 Å². The standard InChI is InChI=1S/C17H17N3O2S/c21-23(22)16-9-5-4-8-15(16)17(19-23)18-13-10-11-20(12-13)14-6-2-1-3-7-14/h1-9,13H,10-12H2,(H,18,19). The molecule has 1 atom stereocenters. The van der Waals surface area contributed by atoms with Crippen molar-refractivity contribution in [1.29, 1.82) is 0 Å². The Balaban J connectivity index is 1.59. The monoisotopic (exact) mass is 327 g/mol. The fourth-order valence-corrected chi connectivity index (χ4v) is 4.37. The van der Waals surface area contributed by atoms with Gasteiger partial charge in [0.15, 0.2) is 0 Å². The third-order valence-electron chi connectivity index (χ3n) is 4.26. The van der Waals surface area contributed by atoms with E-state index < -0.39 is 10.0 Å². The fourth-order valence-electron chi connectivity index (χ4n) is 3.13. The number of nitrogens with zero attached hydrogens (tertiary/aromatic N) is 2. The summed E-state index contributed by atoms with van der Waals surface area (Å²) in [6.45, 7) is 1.73. The Labute approximate surface area is 135 Å². The molecule has 1 unspecified atom stereocenters. The van der Waals surface area contributed by atoms with Crippen LogP contribution >= 0.6 is 0 Å². The SMILES string of the molecule is O=S1(=O)NC(=NC2CCN(c3ccccc3)C2)c2ccccc21. The van der Waals surface area contributed by atoms with Crippen LogP contribution in [0.5, 0.6) is 0 Å². The van der Waals surface area contributed by atoms with Crippen LogP contribution in [0.25, 0.3) is 0 Å². The van der Waals surface area contributed by atoms with Gasteiger partial charge in [-0.25, -0.2) is 8.42 Å². The Hall–Kier alpha value is -2.34. The number of nitrogens with one attached hydrogen (secondary N) is 1. The summed E-state index contributed by atoms with van der Waals surface area (Å²) in [4.78, 5) is 7.27. The van der Waals surface area contributed by atoms with Crippen molar-refractivity contribution in [3.8, 4) is 0 Å². The van der Waals surface area contributed by atoms with E-state index in [0.717, 1.165) is 19.5 Å². The first-order valence-electron chi connectivity index (χ1n) is 7.63. The minimum absolute atomic E-state index is 0.0964. The van der Waals surface area contributed by atoms with E-state index in [1.807, 2.05) is 24.3 Å². The number of benzene rings is 2. The average molecular weight is 327 g/mol. The van der Waals surface area contributed by atoms with Crippen molar-refractivity contribution in [2.24, 2.45) is 4.99 Å². The molecule has 1 N–H and O–H groups in total. The first kappa shape index (κ1) is 14.3. The van der Waals surface area contributed by atoms with Gasteiger partial charge in [-0.05, 0) is 30.7 Å². The molecule has 0 saturated carbocycles. The molecule has 0 bridgehead atoms. The van der Waals surface area contributed by atoms with Crippen molar-refractivity contribution in [2.45, 2.75) is 17.4 Å². The maximum Gasteiger partial charge on any atom is 0.263 e. The molecule has 23 heavy (non-hydrogen) atoms. The summed E-state index contributed by atoms with van der Waals surface area (Å²) >= 11 is 0. The van der Waals surface area contributed by atoms with Crippen molar-refractivity contribution < 1.29 is 8.42 Å². The van der Waals surface area contributed by atoms with Gasteiger partial charge in [-0.3, -0.25) is 9.71 Å². The van der Waals surface area contributed by atoms with E-state index in [-0.39, 0.29) is 6.04 Å². The highest BCUT2D eigenvalue weighted by molar-refractivity contribution is 7.90. The number of para-hydroxylation sites is 1. The van der Waals surface area contributed by atoms with E-state index in [9.17, 15) is 8.42 Å². The number of fused-ring (bicyclic) bond motifs is 1. The molecule has 0 amide bonds. The maximum absolute atomic E-state index is 12.1. The predicted molar refractivity (Wildman–Crippen MR) is 90.4 cm³/mol. The Morgan fingerprint density at radius 1 is 1.04 bits per heavy atom. The maximum atomic E-state index is 12.1. The van der Waals surface area contributed by atoms with E-state index in [0.29, 0.717) is 16.3 Å². The van der Waals surface area contributed by atoms with Gasteiger partial charge in [0.05, 0.1) is 10.9 Å². The van der Waals surface area contributed by atoms with Crippen LogP contribution in [0.3, 0.4) is 0 Å². The minimum atomic E-state index is -3.46. The lowest BCUT2D eigenvalue weighted by atomic mass is 10.2. The highest BCUT2D eigenvalue weighted by atomic mass is 32.2. The zero-order valence-electron chi connectivity index (χ0n) is 12.5. The van der Waals surface area contributed by atoms with Crippen molar-refractivity contribution in [3.05, 3.63) is 60.2 Å². The average Bonchev–Trinajstić information content (AvgIpc) is 3.12. The Bertz CT molecular complexity index is 862. The second-order valence-corrected chi connectivity index (χ2v) is 7.45. The van der Waals surface area contributed by atoms with Gasteiger partial charge < -0.3 is 4.90 Å². The predicted octanol–water partition coefficient (Wildman–Crippen LogP) is 2.00. The molecular formula is C17H17N3O2S. The summed E-state index contributed by atoms with van der Waals surface area (Å²) in [7, 11) is -3.46. The molecule has 1 saturated heterocycles. The highest BCUT2D eigenvalue weighted by Crippen LogP contribution is 2.25. The van der Waals surface area contributed by atoms with Crippen LogP contribution in [-0.4, -0.2) is 33.4 Å². The van der Waals surface area contributed by atoms with E-state index in [2.05, 4.69) is 26.7 Å². The van der Waals surface area contributed by atoms with Gasteiger partial charge in [-0.1, -0.05) is 30.3 Å². The van der Waals surface area contributed by atoms with Crippen LogP contribution in [0.15, 0.2) is 64.5 Å². The minimum Gasteiger partial charge on any atom is -0.369 e. The largest absolute Gasteiger partial charge is 0.369 e. The number of rotatable bonds is 2. The Morgan fingerprint density at radius 3 is 2.61 bits per heavy atom. The van der Waals surface area contributed by atoms with Crippen LogP contribution in [-0.2, 0) is 10.0 Å². The summed E-state index contributed by atoms with van der Waals surface area (Å²) in [5, 5.41) is 0. The van der Waals surface area contributed by atoms with Crippen LogP contribution in [0.4, 0.5) is 5.69 Å². The highest BCUT2D eigenvalue weighted by Gasteiger charge is 2.32. The molecule has 5 nitrogen and oxygen atoms in total. The normalized spacial score (nSPS) is 23.7. The van der Waals surface area contributed by atoms with Gasteiger partial charge in [0.2, 0.25) is 0 Å². The molecular weight excluding hydrogens is 310 g/mol. The second-order valence-electron chi connectivity index (χ2n) is 5.80. The number of aliphatic imine (C=N–C) groups is 1. The van der Waals surface area contributed by atoms with Gasteiger partial charge in [0.1, 0.15) is 5.84 Å². The summed E-state index contributed by atoms with van der Waals surface area (Å²) in [5.41, 5.74) is 1.85. The number of amidine groups is 1. The Morgan fingerprint density at radius 2 is 1.78 bits per heavy atom. The summed E-state index contributed by atoms with van der Waals surface area (Å²) in [6, 6.07) is 17.3. The molecule has 0 radical (unpaired) electrons. The van der Waals surface area contributed by atoms with Gasteiger partial charge in [-0.15, -0.1) is 0 Å². The van der Waals surface area contributed by atoms with Crippen molar-refractivity contribution in [3.63, 3.8) is 0 Å². The van der Waals surface area contributed by atoms with E-state index >= 15 is 0 Å². The van der Waals surface area contributed by atoms with E-state index in [1.165, 1.54) is 5.69 Å². The fraction of sp³-hybridized carbons (Fsp3) is 0.235. The lowest BCUT2D eigenvalue weighted by molar-refractivity contribution is 0.595. The van der Waals surface area contributed by atoms with Gasteiger partial charge in [0.25, 0.3) is 10.0 Å². The van der Waals surface area contributed by atoms with Crippen molar-refractivity contribution in [1.82, 2.24) is 4.72 Å². The molecule has 2 aromatic carbocycles. The lowest BCUT2D eigenvalue weighted by Gasteiger charge is -2.17. The lowest BCUT2D eigenvalue weighted by Crippen LogP contribution is -2.25. The number of hydrogen-bond donors (Lipinski definition) is 1. The van der Waals surface area contributed by atoms with Crippen molar-refractivity contribution >= 4 is 21.5 Å². The molecule has 118 valence electrons. The molecule has 2 aromatic rings. The molecule has 2 aliphatic heterocycles. The summed E-state index contributed by atoms with van der Waals surface area (Å²) in [6.07, 6.45) is 0.919. The third-order valence-corrected chi connectivity index (χ3v) is 5.66. The van der Waals surface area contributed by atoms with Crippen LogP contribution in [0.2, 0.25) is 0 Å². The summed E-state index contributed by atoms with van der Waals surface area (Å²) in [5.74, 6) is 0.473.